The number of aliphatic hydroxyl groups excluding tert-OH is 1. The van der Waals surface area contributed by atoms with E-state index < -0.39 is 49.9 Å². The zero-order valence-corrected chi connectivity index (χ0v) is 21.1. The molecule has 0 bridgehead atoms. The number of aliphatic carboxylic acids is 1. The van der Waals surface area contributed by atoms with Crippen LogP contribution in [0, 0.1) is 0 Å². The molecule has 0 aliphatic carbocycles. The molecular weight excluding hydrogens is 536 g/mol. The van der Waals surface area contributed by atoms with Gasteiger partial charge in [0.15, 0.2) is 23.2 Å². The Morgan fingerprint density at radius 1 is 1.41 bits per heavy atom. The first kappa shape index (κ1) is 27.0. The highest BCUT2D eigenvalue weighted by atomic mass is 35.5. The van der Waals surface area contributed by atoms with E-state index in [0.29, 0.717) is 0 Å². The lowest BCUT2D eigenvalue weighted by atomic mass is 10.1. The lowest BCUT2D eigenvalue weighted by Gasteiger charge is -2.24. The monoisotopic (exact) mass is 559 g/mol. The smallest absolute Gasteiger partial charge is 0.459 e. The molecule has 0 saturated carbocycles. The van der Waals surface area contributed by atoms with Crippen molar-refractivity contribution in [3.05, 3.63) is 36.7 Å². The van der Waals surface area contributed by atoms with E-state index in [1.54, 1.807) is 25.2 Å². The molecule has 4 rings (SSSR count). The van der Waals surface area contributed by atoms with E-state index in [2.05, 4.69) is 25.4 Å². The minimum Gasteiger partial charge on any atom is -0.480 e. The molecule has 1 aliphatic heterocycles. The number of para-hydroxylation sites is 1. The number of benzene rings is 1. The minimum atomic E-state index is -4.36. The third kappa shape index (κ3) is 5.46. The van der Waals surface area contributed by atoms with Gasteiger partial charge < -0.3 is 30.5 Å². The first-order valence-corrected chi connectivity index (χ1v) is 12.8. The molecule has 0 amide bonds. The Morgan fingerprint density at radius 3 is 2.76 bits per heavy atom. The molecule has 1 aliphatic rings. The zero-order chi connectivity index (χ0) is 27.0. The zero-order valence-electron chi connectivity index (χ0n) is 19.5. The molecule has 3 heterocycles. The van der Waals surface area contributed by atoms with E-state index in [1.165, 1.54) is 25.4 Å². The molecule has 37 heavy (non-hydrogen) atoms. The SMILES string of the molecule is CNc1nc(N)nc2c1ncn2[C@@H]1O[C@H](CO[P@@](=O)(N[C@@H](C)C(=O)O)Oc2ccccc2)[C@@H](O)[C@@]1(F)Cl. The van der Waals surface area contributed by atoms with Crippen molar-refractivity contribution in [2.24, 2.45) is 0 Å². The van der Waals surface area contributed by atoms with Gasteiger partial charge in [0.25, 0.3) is 5.13 Å². The van der Waals surface area contributed by atoms with E-state index in [1.807, 2.05) is 0 Å². The average Bonchev–Trinajstić information content (AvgIpc) is 3.35. The molecule has 1 fully saturated rings. The van der Waals surface area contributed by atoms with Crippen LogP contribution in [0.25, 0.3) is 11.2 Å². The Kier molecular flexibility index (Phi) is 7.55. The van der Waals surface area contributed by atoms with Crippen LogP contribution in [0.5, 0.6) is 5.75 Å². The molecule has 0 spiro atoms. The fourth-order valence-electron chi connectivity index (χ4n) is 3.56. The summed E-state index contributed by atoms with van der Waals surface area (Å²) in [4.78, 5) is 23.5. The largest absolute Gasteiger partial charge is 0.480 e. The van der Waals surface area contributed by atoms with Gasteiger partial charge in [0.2, 0.25) is 5.95 Å². The van der Waals surface area contributed by atoms with Crippen molar-refractivity contribution in [1.29, 1.82) is 0 Å². The molecule has 2 aromatic heterocycles. The molecule has 1 saturated heterocycles. The molecule has 1 aromatic carbocycles. The maximum absolute atomic E-state index is 15.6. The molecule has 200 valence electrons. The van der Waals surface area contributed by atoms with Crippen molar-refractivity contribution in [3.8, 4) is 5.75 Å². The third-order valence-corrected chi connectivity index (χ3v) is 7.46. The number of aromatic nitrogens is 4. The second kappa shape index (κ2) is 10.4. The number of hydrogen-bond acceptors (Lipinski definition) is 11. The number of halogens is 2. The van der Waals surface area contributed by atoms with Gasteiger partial charge in [-0.3, -0.25) is 13.9 Å². The number of nitrogens with one attached hydrogen (secondary N) is 2. The summed E-state index contributed by atoms with van der Waals surface area (Å²) in [6.45, 7) is 0.539. The van der Waals surface area contributed by atoms with Crippen molar-refractivity contribution in [1.82, 2.24) is 24.6 Å². The number of carbonyl (C=O) groups is 1. The highest BCUT2D eigenvalue weighted by molar-refractivity contribution is 7.52. The van der Waals surface area contributed by atoms with Crippen LogP contribution in [-0.4, -0.2) is 72.7 Å². The standard InChI is InChI=1S/C20H24ClFN7O7P/c1-10(17(31)32)28-37(33,36-11-6-4-3-5-7-11)34-8-12-14(30)20(21,22)18(35-12)29-9-25-13-15(24-2)26-19(23)27-16(13)29/h3-7,9-10,12,14,18,30H,8H2,1-2H3,(H,28,33)(H,31,32)(H3,23,24,26,27)/t10-,12+,14+,18+,20-,37-/m0/s1. The summed E-state index contributed by atoms with van der Waals surface area (Å²) in [5, 5.41) is 22.0. The lowest BCUT2D eigenvalue weighted by Crippen LogP contribution is -2.39. The Balaban J connectivity index is 1.58. The third-order valence-electron chi connectivity index (χ3n) is 5.41. The molecule has 0 unspecified atom stereocenters. The van der Waals surface area contributed by atoms with Crippen molar-refractivity contribution in [2.45, 2.75) is 36.5 Å². The number of hydrogen-bond donors (Lipinski definition) is 5. The van der Waals surface area contributed by atoms with Crippen LogP contribution in [0.2, 0.25) is 0 Å². The summed E-state index contributed by atoms with van der Waals surface area (Å²) in [5.41, 5.74) is 6.06. The van der Waals surface area contributed by atoms with E-state index >= 15 is 4.39 Å². The summed E-state index contributed by atoms with van der Waals surface area (Å²) in [7, 11) is -2.78. The number of rotatable bonds is 10. The highest BCUT2D eigenvalue weighted by Crippen LogP contribution is 2.49. The van der Waals surface area contributed by atoms with Gasteiger partial charge in [0.05, 0.1) is 12.9 Å². The Hall–Kier alpha value is -3.07. The number of nitrogen functional groups attached to an aromatic ring is 1. The van der Waals surface area contributed by atoms with E-state index in [4.69, 9.17) is 31.1 Å². The first-order chi connectivity index (χ1) is 17.4. The van der Waals surface area contributed by atoms with Gasteiger partial charge in [-0.05, 0) is 19.1 Å². The minimum absolute atomic E-state index is 0.0772. The number of carboxylic acid groups (broad SMARTS) is 1. The summed E-state index contributed by atoms with van der Waals surface area (Å²) in [6.07, 6.45) is -3.89. The van der Waals surface area contributed by atoms with Crippen molar-refractivity contribution >= 4 is 48.2 Å². The fraction of sp³-hybridized carbons (Fsp3) is 0.400. The Morgan fingerprint density at radius 2 is 2.11 bits per heavy atom. The number of carboxylic acids is 1. The molecule has 6 atom stereocenters. The van der Waals surface area contributed by atoms with Crippen LogP contribution in [0.15, 0.2) is 36.7 Å². The maximum atomic E-state index is 15.6. The van der Waals surface area contributed by atoms with Crippen LogP contribution >= 0.6 is 19.3 Å². The van der Waals surface area contributed by atoms with Crippen LogP contribution in [0.1, 0.15) is 13.2 Å². The molecule has 0 radical (unpaired) electrons. The summed E-state index contributed by atoms with van der Waals surface area (Å²) >= 11 is 6.06. The molecule has 14 nitrogen and oxygen atoms in total. The van der Waals surface area contributed by atoms with Crippen molar-refractivity contribution in [3.63, 3.8) is 0 Å². The predicted octanol–water partition coefficient (Wildman–Crippen LogP) is 1.88. The number of anilines is 2. The van der Waals surface area contributed by atoms with E-state index in [0.717, 1.165) is 4.57 Å². The summed E-state index contributed by atoms with van der Waals surface area (Å²) in [6, 6.07) is 6.50. The molecular formula is C20H24ClFN7O7P. The summed E-state index contributed by atoms with van der Waals surface area (Å²) in [5.74, 6) is -1.07. The predicted molar refractivity (Wildman–Crippen MR) is 130 cm³/mol. The molecule has 17 heteroatoms. The number of alkyl halides is 2. The van der Waals surface area contributed by atoms with Gasteiger partial charge in [-0.2, -0.15) is 15.1 Å². The van der Waals surface area contributed by atoms with Crippen LogP contribution < -0.4 is 20.7 Å². The van der Waals surface area contributed by atoms with Gasteiger partial charge in [0, 0.05) is 7.05 Å². The second-order valence-corrected chi connectivity index (χ2v) is 10.3. The number of imidazole rings is 1. The lowest BCUT2D eigenvalue weighted by molar-refractivity contribution is -0.138. The van der Waals surface area contributed by atoms with E-state index in [-0.39, 0.29) is 28.7 Å². The van der Waals surface area contributed by atoms with Crippen LogP contribution in [-0.2, 0) is 18.6 Å². The number of fused-ring (bicyclic) bond motifs is 1. The maximum Gasteiger partial charge on any atom is 0.459 e. The fourth-order valence-corrected chi connectivity index (χ4v) is 5.36. The highest BCUT2D eigenvalue weighted by Gasteiger charge is 2.58. The van der Waals surface area contributed by atoms with E-state index in [9.17, 15) is 19.6 Å². The number of nitrogens with two attached hydrogens (primary N) is 1. The Labute approximate surface area is 214 Å². The van der Waals surface area contributed by atoms with Gasteiger partial charge in [-0.25, -0.2) is 13.9 Å². The molecule has 6 N–H and O–H groups in total. The number of ether oxygens (including phenoxy) is 1. The van der Waals surface area contributed by atoms with Crippen LogP contribution in [0.4, 0.5) is 16.2 Å². The summed E-state index contributed by atoms with van der Waals surface area (Å²) < 4.78 is 46.5. The van der Waals surface area contributed by atoms with Gasteiger partial charge in [-0.15, -0.1) is 0 Å². The van der Waals surface area contributed by atoms with Crippen LogP contribution in [0.3, 0.4) is 0 Å². The van der Waals surface area contributed by atoms with Gasteiger partial charge >= 0.3 is 13.7 Å². The second-order valence-electron chi connectivity index (χ2n) is 8.04. The topological polar surface area (TPSA) is 196 Å². The van der Waals surface area contributed by atoms with Gasteiger partial charge in [-0.1, -0.05) is 29.8 Å². The molecule has 3 aromatic rings. The van der Waals surface area contributed by atoms with Gasteiger partial charge in [0.1, 0.15) is 24.0 Å². The number of nitrogens with zero attached hydrogens (tertiary/aromatic N) is 4. The quantitative estimate of drug-likeness (QED) is 0.178. The Bertz CT molecular complexity index is 1330. The first-order valence-electron chi connectivity index (χ1n) is 10.8. The van der Waals surface area contributed by atoms with Crippen molar-refractivity contribution in [2.75, 3.05) is 24.7 Å². The number of aliphatic hydroxyl groups is 1. The average molecular weight is 560 g/mol. The van der Waals surface area contributed by atoms with Crippen molar-refractivity contribution < 1.29 is 37.7 Å². The normalized spacial score (nSPS) is 26.0.